The van der Waals surface area contributed by atoms with Crippen LogP contribution in [0.4, 0.5) is 4.39 Å². The van der Waals surface area contributed by atoms with Crippen LogP contribution in [0.5, 0.6) is 0 Å². The van der Waals surface area contributed by atoms with E-state index in [0.717, 1.165) is 28.5 Å². The lowest BCUT2D eigenvalue weighted by molar-refractivity contribution is -0.121. The van der Waals surface area contributed by atoms with E-state index < -0.39 is 0 Å². The molecule has 29 heavy (non-hydrogen) atoms. The van der Waals surface area contributed by atoms with Crippen LogP contribution >= 0.6 is 0 Å². The summed E-state index contributed by atoms with van der Waals surface area (Å²) in [6.45, 7) is 5.98. The molecule has 0 bridgehead atoms. The molecule has 0 radical (unpaired) electrons. The molecule has 4 nitrogen and oxygen atoms in total. The van der Waals surface area contributed by atoms with Crippen molar-refractivity contribution < 1.29 is 13.9 Å². The van der Waals surface area contributed by atoms with E-state index in [9.17, 15) is 9.18 Å². The first-order valence-electron chi connectivity index (χ1n) is 10.2. The summed E-state index contributed by atoms with van der Waals surface area (Å²) in [6.07, 6.45) is 4.29. The highest BCUT2D eigenvalue weighted by Gasteiger charge is 2.10. The molecule has 154 valence electrons. The highest BCUT2D eigenvalue weighted by molar-refractivity contribution is 5.85. The average Bonchev–Trinajstić information content (AvgIpc) is 3.05. The lowest BCUT2D eigenvalue weighted by Crippen LogP contribution is -2.25. The molecule has 0 saturated carbocycles. The third kappa shape index (κ3) is 6.16. The molecule has 1 aromatic heterocycles. The van der Waals surface area contributed by atoms with E-state index in [1.54, 1.807) is 12.1 Å². The van der Waals surface area contributed by atoms with Gasteiger partial charge in [-0.1, -0.05) is 30.3 Å². The van der Waals surface area contributed by atoms with Crippen molar-refractivity contribution in [2.24, 2.45) is 0 Å². The van der Waals surface area contributed by atoms with Crippen molar-refractivity contribution in [3.8, 4) is 0 Å². The minimum absolute atomic E-state index is 0.0601. The van der Waals surface area contributed by atoms with Crippen LogP contribution in [0.15, 0.2) is 54.7 Å². The van der Waals surface area contributed by atoms with Gasteiger partial charge in [0.2, 0.25) is 5.91 Å². The number of benzene rings is 2. The lowest BCUT2D eigenvalue weighted by Gasteiger charge is -2.08. The zero-order valence-electron chi connectivity index (χ0n) is 17.2. The normalized spacial score (nSPS) is 11.3. The lowest BCUT2D eigenvalue weighted by atomic mass is 10.1. The Morgan fingerprint density at radius 3 is 2.66 bits per heavy atom. The smallest absolute Gasteiger partial charge is 0.220 e. The number of halogens is 1. The highest BCUT2D eigenvalue weighted by atomic mass is 19.1. The largest absolute Gasteiger partial charge is 0.379 e. The van der Waals surface area contributed by atoms with Gasteiger partial charge >= 0.3 is 0 Å². The second-order valence-corrected chi connectivity index (χ2v) is 7.55. The number of nitrogens with one attached hydrogen (secondary N) is 1. The quantitative estimate of drug-likeness (QED) is 0.505. The van der Waals surface area contributed by atoms with Crippen molar-refractivity contribution in [3.63, 3.8) is 0 Å². The number of hydrogen-bond donors (Lipinski definition) is 1. The van der Waals surface area contributed by atoms with Crippen LogP contribution in [0.1, 0.15) is 37.8 Å². The number of carbonyl (C=O) groups is 1. The molecular weight excluding hydrogens is 367 g/mol. The Kier molecular flexibility index (Phi) is 7.42. The first kappa shape index (κ1) is 21.1. The fourth-order valence-corrected chi connectivity index (χ4v) is 3.39. The number of fused-ring (bicyclic) bond motifs is 1. The second kappa shape index (κ2) is 10.2. The number of ether oxygens (including phenoxy) is 1. The molecule has 0 aliphatic rings. The van der Waals surface area contributed by atoms with Crippen LogP contribution in [0.3, 0.4) is 0 Å². The molecule has 0 aliphatic carbocycles. The predicted molar refractivity (Wildman–Crippen MR) is 114 cm³/mol. The van der Waals surface area contributed by atoms with E-state index in [-0.39, 0.29) is 17.8 Å². The van der Waals surface area contributed by atoms with Gasteiger partial charge in [0.15, 0.2) is 0 Å². The van der Waals surface area contributed by atoms with Crippen molar-refractivity contribution >= 4 is 16.8 Å². The molecule has 0 saturated heterocycles. The van der Waals surface area contributed by atoms with Crippen molar-refractivity contribution in [1.29, 1.82) is 0 Å². The summed E-state index contributed by atoms with van der Waals surface area (Å²) in [5.41, 5.74) is 3.32. The first-order chi connectivity index (χ1) is 14.0. The highest BCUT2D eigenvalue weighted by Crippen LogP contribution is 2.23. The molecule has 3 rings (SSSR count). The number of hydrogen-bond acceptors (Lipinski definition) is 2. The Bertz CT molecular complexity index is 932. The maximum atomic E-state index is 13.2. The minimum Gasteiger partial charge on any atom is -0.379 e. The van der Waals surface area contributed by atoms with Gasteiger partial charge in [-0.15, -0.1) is 0 Å². The molecule has 0 atom stereocenters. The fraction of sp³-hybridized carbons (Fsp3) is 0.375. The van der Waals surface area contributed by atoms with Gasteiger partial charge in [-0.3, -0.25) is 4.79 Å². The summed E-state index contributed by atoms with van der Waals surface area (Å²) in [6, 6.07) is 14.8. The van der Waals surface area contributed by atoms with Crippen LogP contribution in [-0.2, 0) is 22.5 Å². The molecule has 1 N–H and O–H groups in total. The fourth-order valence-electron chi connectivity index (χ4n) is 3.39. The second-order valence-electron chi connectivity index (χ2n) is 7.55. The Balaban J connectivity index is 1.59. The van der Waals surface area contributed by atoms with Crippen molar-refractivity contribution in [2.45, 2.75) is 45.8 Å². The van der Waals surface area contributed by atoms with Gasteiger partial charge in [-0.25, -0.2) is 4.39 Å². The minimum atomic E-state index is -0.228. The monoisotopic (exact) mass is 396 g/mol. The maximum Gasteiger partial charge on any atom is 0.220 e. The number of rotatable bonds is 10. The van der Waals surface area contributed by atoms with Gasteiger partial charge in [-0.05, 0) is 56.0 Å². The van der Waals surface area contributed by atoms with Crippen LogP contribution in [-0.4, -0.2) is 29.7 Å². The molecule has 1 heterocycles. The molecule has 2 aromatic carbocycles. The number of aromatic nitrogens is 1. The van der Waals surface area contributed by atoms with Crippen molar-refractivity contribution in [3.05, 3.63) is 71.7 Å². The summed E-state index contributed by atoms with van der Waals surface area (Å²) >= 11 is 0. The predicted octanol–water partition coefficient (Wildman–Crippen LogP) is 4.69. The molecule has 0 unspecified atom stereocenters. The topological polar surface area (TPSA) is 43.3 Å². The van der Waals surface area contributed by atoms with Crippen molar-refractivity contribution in [1.82, 2.24) is 9.88 Å². The number of nitrogens with zero attached hydrogens (tertiary/aromatic N) is 1. The van der Waals surface area contributed by atoms with Crippen LogP contribution in [0, 0.1) is 5.82 Å². The Morgan fingerprint density at radius 1 is 1.14 bits per heavy atom. The molecule has 1 amide bonds. The summed E-state index contributed by atoms with van der Waals surface area (Å²) in [5, 5.41) is 4.13. The zero-order chi connectivity index (χ0) is 20.6. The first-order valence-corrected chi connectivity index (χ1v) is 10.2. The van der Waals surface area contributed by atoms with Gasteiger partial charge in [0.05, 0.1) is 6.10 Å². The molecule has 0 fully saturated rings. The third-order valence-electron chi connectivity index (χ3n) is 4.85. The molecule has 5 heteroatoms. The third-order valence-corrected chi connectivity index (χ3v) is 4.85. The van der Waals surface area contributed by atoms with Gasteiger partial charge in [-0.2, -0.15) is 0 Å². The number of aryl methyl sites for hydroxylation is 1. The SMILES string of the molecule is CC(C)OCCCNC(=O)CCc1cn(Cc2ccc(F)cc2)c2ccccc12. The molecule has 3 aromatic rings. The number of para-hydroxylation sites is 1. The van der Waals surface area contributed by atoms with Crippen LogP contribution < -0.4 is 5.32 Å². The summed E-state index contributed by atoms with van der Waals surface area (Å²) in [5.74, 6) is -0.168. The summed E-state index contributed by atoms with van der Waals surface area (Å²) < 4.78 is 20.8. The van der Waals surface area contributed by atoms with Gasteiger partial charge < -0.3 is 14.6 Å². The Morgan fingerprint density at radius 2 is 1.90 bits per heavy atom. The van der Waals surface area contributed by atoms with Crippen LogP contribution in [0.25, 0.3) is 10.9 Å². The number of amides is 1. The van der Waals surface area contributed by atoms with E-state index in [4.69, 9.17) is 4.74 Å². The van der Waals surface area contributed by atoms with E-state index >= 15 is 0 Å². The van der Waals surface area contributed by atoms with E-state index in [1.807, 2.05) is 26.0 Å². The van der Waals surface area contributed by atoms with Gasteiger partial charge in [0, 0.05) is 43.2 Å². The van der Waals surface area contributed by atoms with Gasteiger partial charge in [0.1, 0.15) is 5.82 Å². The Labute approximate surface area is 171 Å². The molecular formula is C24H29FN2O2. The summed E-state index contributed by atoms with van der Waals surface area (Å²) in [4.78, 5) is 12.2. The van der Waals surface area contributed by atoms with Crippen molar-refractivity contribution in [2.75, 3.05) is 13.2 Å². The molecule has 0 aliphatic heterocycles. The average molecular weight is 397 g/mol. The Hall–Kier alpha value is -2.66. The summed E-state index contributed by atoms with van der Waals surface area (Å²) in [7, 11) is 0. The maximum absolute atomic E-state index is 13.2. The van der Waals surface area contributed by atoms with E-state index in [1.165, 1.54) is 12.1 Å². The molecule has 0 spiro atoms. The number of carbonyl (C=O) groups excluding carboxylic acids is 1. The van der Waals surface area contributed by atoms with E-state index in [0.29, 0.717) is 32.5 Å². The zero-order valence-corrected chi connectivity index (χ0v) is 17.2. The van der Waals surface area contributed by atoms with Gasteiger partial charge in [0.25, 0.3) is 0 Å². The van der Waals surface area contributed by atoms with E-state index in [2.05, 4.69) is 28.2 Å². The van der Waals surface area contributed by atoms with Crippen LogP contribution in [0.2, 0.25) is 0 Å². The standard InChI is InChI=1S/C24H29FN2O2/c1-18(2)29-15-5-14-26-24(28)13-10-20-17-27(23-7-4-3-6-22(20)23)16-19-8-11-21(25)12-9-19/h3-4,6-9,11-12,17-18H,5,10,13-16H2,1-2H3,(H,26,28).